The second-order valence-corrected chi connectivity index (χ2v) is 6.36. The third-order valence-corrected chi connectivity index (χ3v) is 5.18. The maximum absolute atomic E-state index is 12.6. The normalized spacial score (nSPS) is 15.5. The second kappa shape index (κ2) is 5.03. The van der Waals surface area contributed by atoms with Gasteiger partial charge in [-0.3, -0.25) is 4.79 Å². The van der Waals surface area contributed by atoms with Crippen LogP contribution in [0.15, 0.2) is 47.4 Å². The Hall–Kier alpha value is -2.54. The topological polar surface area (TPSA) is 72.9 Å². The highest BCUT2D eigenvalue weighted by molar-refractivity contribution is 7.94. The fourth-order valence-corrected chi connectivity index (χ4v) is 3.99. The van der Waals surface area contributed by atoms with Crippen LogP contribution in [0.2, 0.25) is 0 Å². The SMILES string of the molecule is COc1ccc(N2C(=O)c3c(OC)cccc3S2(=O)=O)cc1. The van der Waals surface area contributed by atoms with E-state index in [9.17, 15) is 13.2 Å². The van der Waals surface area contributed by atoms with Gasteiger partial charge in [0, 0.05) is 0 Å². The number of sulfonamides is 1. The number of methoxy groups -OCH3 is 2. The summed E-state index contributed by atoms with van der Waals surface area (Å²) in [5.41, 5.74) is 0.310. The van der Waals surface area contributed by atoms with Crippen molar-refractivity contribution in [3.8, 4) is 11.5 Å². The Morgan fingerprint density at radius 3 is 2.23 bits per heavy atom. The second-order valence-electron chi connectivity index (χ2n) is 4.61. The molecule has 22 heavy (non-hydrogen) atoms. The van der Waals surface area contributed by atoms with Crippen LogP contribution in [-0.4, -0.2) is 28.5 Å². The first-order valence-corrected chi connectivity index (χ1v) is 7.85. The number of nitrogens with zero attached hydrogens (tertiary/aromatic N) is 1. The average Bonchev–Trinajstić information content (AvgIpc) is 2.74. The minimum atomic E-state index is -3.94. The molecule has 1 amide bonds. The van der Waals surface area contributed by atoms with Crippen molar-refractivity contribution in [1.29, 1.82) is 0 Å². The van der Waals surface area contributed by atoms with E-state index in [0.29, 0.717) is 5.75 Å². The van der Waals surface area contributed by atoms with Gasteiger partial charge in [-0.05, 0) is 36.4 Å². The lowest BCUT2D eigenvalue weighted by atomic mass is 10.2. The van der Waals surface area contributed by atoms with E-state index < -0.39 is 15.9 Å². The van der Waals surface area contributed by atoms with Gasteiger partial charge >= 0.3 is 0 Å². The molecule has 114 valence electrons. The van der Waals surface area contributed by atoms with E-state index in [0.717, 1.165) is 4.31 Å². The fraction of sp³-hybridized carbons (Fsp3) is 0.133. The van der Waals surface area contributed by atoms with Crippen LogP contribution in [-0.2, 0) is 10.0 Å². The molecule has 0 bridgehead atoms. The molecule has 0 atom stereocenters. The highest BCUT2D eigenvalue weighted by Gasteiger charge is 2.44. The number of benzene rings is 2. The number of rotatable bonds is 3. The number of ether oxygens (including phenoxy) is 2. The zero-order chi connectivity index (χ0) is 15.9. The molecule has 0 aromatic heterocycles. The molecule has 2 aromatic rings. The van der Waals surface area contributed by atoms with Crippen molar-refractivity contribution in [1.82, 2.24) is 0 Å². The lowest BCUT2D eigenvalue weighted by Crippen LogP contribution is -2.29. The lowest BCUT2D eigenvalue weighted by Gasteiger charge is -2.15. The summed E-state index contributed by atoms with van der Waals surface area (Å²) in [6.07, 6.45) is 0. The molecule has 1 aliphatic rings. The van der Waals surface area contributed by atoms with Gasteiger partial charge in [0.15, 0.2) is 0 Å². The number of carbonyl (C=O) groups is 1. The quantitative estimate of drug-likeness (QED) is 0.866. The Morgan fingerprint density at radius 2 is 1.64 bits per heavy atom. The monoisotopic (exact) mass is 319 g/mol. The third-order valence-electron chi connectivity index (χ3n) is 3.43. The predicted molar refractivity (Wildman–Crippen MR) is 80.0 cm³/mol. The van der Waals surface area contributed by atoms with Gasteiger partial charge in [-0.15, -0.1) is 0 Å². The van der Waals surface area contributed by atoms with Crippen molar-refractivity contribution in [2.45, 2.75) is 4.90 Å². The molecule has 2 aromatic carbocycles. The molecule has 0 unspecified atom stereocenters. The number of carbonyl (C=O) groups excluding carboxylic acids is 1. The zero-order valence-corrected chi connectivity index (χ0v) is 12.8. The van der Waals surface area contributed by atoms with Crippen LogP contribution in [0.4, 0.5) is 5.69 Å². The summed E-state index contributed by atoms with van der Waals surface area (Å²) in [4.78, 5) is 12.5. The van der Waals surface area contributed by atoms with E-state index in [-0.39, 0.29) is 21.9 Å². The highest BCUT2D eigenvalue weighted by atomic mass is 32.2. The van der Waals surface area contributed by atoms with Crippen molar-refractivity contribution in [3.63, 3.8) is 0 Å². The summed E-state index contributed by atoms with van der Waals surface area (Å²) >= 11 is 0. The molecule has 6 nitrogen and oxygen atoms in total. The van der Waals surface area contributed by atoms with Gasteiger partial charge in [0.1, 0.15) is 22.0 Å². The van der Waals surface area contributed by atoms with Gasteiger partial charge < -0.3 is 9.47 Å². The molecule has 1 heterocycles. The van der Waals surface area contributed by atoms with Crippen molar-refractivity contribution in [2.24, 2.45) is 0 Å². The minimum absolute atomic E-state index is 0.0485. The Labute approximate surface area is 127 Å². The highest BCUT2D eigenvalue weighted by Crippen LogP contribution is 2.39. The Morgan fingerprint density at radius 1 is 0.955 bits per heavy atom. The summed E-state index contributed by atoms with van der Waals surface area (Å²) in [6, 6.07) is 10.7. The third kappa shape index (κ3) is 1.93. The summed E-state index contributed by atoms with van der Waals surface area (Å²) < 4.78 is 36.2. The lowest BCUT2D eigenvalue weighted by molar-refractivity contribution is 0.100. The van der Waals surface area contributed by atoms with E-state index in [2.05, 4.69) is 0 Å². The molecule has 0 spiro atoms. The van der Waals surface area contributed by atoms with Gasteiger partial charge in [-0.2, -0.15) is 4.31 Å². The molecule has 0 aliphatic carbocycles. The fourth-order valence-electron chi connectivity index (χ4n) is 2.39. The molecule has 0 N–H and O–H groups in total. The van der Waals surface area contributed by atoms with E-state index in [1.165, 1.54) is 32.4 Å². The van der Waals surface area contributed by atoms with Crippen LogP contribution in [0.25, 0.3) is 0 Å². The van der Waals surface area contributed by atoms with Crippen LogP contribution in [0.3, 0.4) is 0 Å². The average molecular weight is 319 g/mol. The first-order valence-electron chi connectivity index (χ1n) is 6.41. The maximum Gasteiger partial charge on any atom is 0.277 e. The van der Waals surface area contributed by atoms with Gasteiger partial charge in [-0.1, -0.05) is 6.07 Å². The molecule has 1 aliphatic heterocycles. The van der Waals surface area contributed by atoms with Crippen molar-refractivity contribution in [2.75, 3.05) is 18.5 Å². The van der Waals surface area contributed by atoms with Crippen molar-refractivity contribution < 1.29 is 22.7 Å². The van der Waals surface area contributed by atoms with E-state index >= 15 is 0 Å². The molecule has 0 saturated carbocycles. The van der Waals surface area contributed by atoms with E-state index in [1.807, 2.05) is 0 Å². The number of amides is 1. The first-order chi connectivity index (χ1) is 10.5. The number of fused-ring (bicyclic) bond motifs is 1. The van der Waals surface area contributed by atoms with Gasteiger partial charge in [0.25, 0.3) is 15.9 Å². The maximum atomic E-state index is 12.6. The molecular weight excluding hydrogens is 306 g/mol. The van der Waals surface area contributed by atoms with Gasteiger partial charge in [0.05, 0.1) is 19.9 Å². The summed E-state index contributed by atoms with van der Waals surface area (Å²) in [6.45, 7) is 0. The molecule has 0 saturated heterocycles. The Kier molecular flexibility index (Phi) is 3.29. The van der Waals surface area contributed by atoms with Crippen molar-refractivity contribution in [3.05, 3.63) is 48.0 Å². The summed E-state index contributed by atoms with van der Waals surface area (Å²) in [5.74, 6) is 0.183. The van der Waals surface area contributed by atoms with Crippen LogP contribution in [0.1, 0.15) is 10.4 Å². The van der Waals surface area contributed by atoms with Gasteiger partial charge in [-0.25, -0.2) is 8.42 Å². The number of anilines is 1. The number of hydrogen-bond acceptors (Lipinski definition) is 5. The predicted octanol–water partition coefficient (Wildman–Crippen LogP) is 2.05. The van der Waals surface area contributed by atoms with Crippen LogP contribution in [0.5, 0.6) is 11.5 Å². The standard InChI is InChI=1S/C15H13NO5S/c1-20-11-8-6-10(7-9-11)16-15(17)14-12(21-2)4-3-5-13(14)22(16,18)19/h3-9H,1-2H3. The summed E-state index contributed by atoms with van der Waals surface area (Å²) in [7, 11) is -1.04. The van der Waals surface area contributed by atoms with Crippen LogP contribution < -0.4 is 13.8 Å². The minimum Gasteiger partial charge on any atom is -0.497 e. The van der Waals surface area contributed by atoms with Gasteiger partial charge in [0.2, 0.25) is 0 Å². The van der Waals surface area contributed by atoms with E-state index in [4.69, 9.17) is 9.47 Å². The molecule has 0 fully saturated rings. The first kappa shape index (κ1) is 14.4. The Bertz CT molecular complexity index is 843. The Balaban J connectivity index is 2.17. The molecule has 7 heteroatoms. The molecule has 0 radical (unpaired) electrons. The van der Waals surface area contributed by atoms with Crippen LogP contribution >= 0.6 is 0 Å². The van der Waals surface area contributed by atoms with Crippen molar-refractivity contribution >= 4 is 21.6 Å². The summed E-state index contributed by atoms with van der Waals surface area (Å²) in [5, 5.41) is 0. The number of hydrogen-bond donors (Lipinski definition) is 0. The van der Waals surface area contributed by atoms with E-state index in [1.54, 1.807) is 24.3 Å². The molecule has 3 rings (SSSR count). The van der Waals surface area contributed by atoms with Crippen LogP contribution in [0, 0.1) is 0 Å². The molecular formula is C15H13NO5S. The smallest absolute Gasteiger partial charge is 0.277 e. The zero-order valence-electron chi connectivity index (χ0n) is 11.9. The largest absolute Gasteiger partial charge is 0.497 e.